The van der Waals surface area contributed by atoms with Gasteiger partial charge in [0.05, 0.1) is 5.25 Å². The van der Waals surface area contributed by atoms with E-state index in [1.165, 1.54) is 6.26 Å². The Bertz CT molecular complexity index is 272. The summed E-state index contributed by atoms with van der Waals surface area (Å²) in [4.78, 5) is 2.28. The number of hydrogen-bond acceptors (Lipinski definition) is 3. The van der Waals surface area contributed by atoms with Gasteiger partial charge in [-0.3, -0.25) is 0 Å². The average molecular weight is 219 g/mol. The Morgan fingerprint density at radius 1 is 1.43 bits per heavy atom. The monoisotopic (exact) mass is 219 g/mol. The molecule has 1 aliphatic rings. The lowest BCUT2D eigenvalue weighted by atomic mass is 10.1. The third-order valence-electron chi connectivity index (χ3n) is 2.69. The molecule has 4 heteroatoms. The van der Waals surface area contributed by atoms with Crippen LogP contribution >= 0.6 is 0 Å². The van der Waals surface area contributed by atoms with Crippen molar-refractivity contribution < 1.29 is 8.42 Å². The third kappa shape index (κ3) is 3.58. The number of nitrogens with zero attached hydrogens (tertiary/aromatic N) is 1. The lowest BCUT2D eigenvalue weighted by Crippen LogP contribution is -2.43. The smallest absolute Gasteiger partial charge is 0.151 e. The summed E-state index contributed by atoms with van der Waals surface area (Å²) in [6.45, 7) is 7.15. The summed E-state index contributed by atoms with van der Waals surface area (Å²) in [5.74, 6) is 0.619. The van der Waals surface area contributed by atoms with E-state index in [9.17, 15) is 8.42 Å². The van der Waals surface area contributed by atoms with E-state index >= 15 is 0 Å². The molecule has 0 bridgehead atoms. The highest BCUT2D eigenvalue weighted by molar-refractivity contribution is 7.91. The van der Waals surface area contributed by atoms with Crippen LogP contribution in [0.5, 0.6) is 0 Å². The van der Waals surface area contributed by atoms with E-state index < -0.39 is 9.84 Å². The maximum Gasteiger partial charge on any atom is 0.151 e. The first-order valence-electron chi connectivity index (χ1n) is 5.31. The van der Waals surface area contributed by atoms with E-state index in [2.05, 4.69) is 18.7 Å². The van der Waals surface area contributed by atoms with Crippen LogP contribution in [0.2, 0.25) is 0 Å². The van der Waals surface area contributed by atoms with Crippen LogP contribution in [0.25, 0.3) is 0 Å². The second-order valence-electron chi connectivity index (χ2n) is 4.75. The number of sulfone groups is 1. The van der Waals surface area contributed by atoms with Gasteiger partial charge in [0, 0.05) is 19.3 Å². The summed E-state index contributed by atoms with van der Waals surface area (Å²) in [6, 6.07) is 0. The molecule has 1 atom stereocenters. The van der Waals surface area contributed by atoms with E-state index in [0.29, 0.717) is 5.92 Å². The second-order valence-corrected chi connectivity index (χ2v) is 7.07. The summed E-state index contributed by atoms with van der Waals surface area (Å²) in [7, 11) is -2.84. The minimum Gasteiger partial charge on any atom is -0.302 e. The summed E-state index contributed by atoms with van der Waals surface area (Å²) in [5.41, 5.74) is 0. The van der Waals surface area contributed by atoms with Crippen LogP contribution in [0, 0.1) is 5.92 Å². The molecule has 1 heterocycles. The lowest BCUT2D eigenvalue weighted by molar-refractivity contribution is 0.208. The van der Waals surface area contributed by atoms with Crippen molar-refractivity contribution in [3.8, 4) is 0 Å². The standard InChI is InChI=1S/C10H21NO2S/c1-9(2)7-11-6-4-5-10(8-11)14(3,12)13/h9-10H,4-8H2,1-3H3/t10-/m1/s1. The van der Waals surface area contributed by atoms with E-state index in [4.69, 9.17) is 0 Å². The van der Waals surface area contributed by atoms with Gasteiger partial charge in [-0.2, -0.15) is 0 Å². The van der Waals surface area contributed by atoms with Gasteiger partial charge in [0.15, 0.2) is 9.84 Å². The summed E-state index contributed by atoms with van der Waals surface area (Å²) in [6.07, 6.45) is 3.22. The van der Waals surface area contributed by atoms with Crippen molar-refractivity contribution in [3.05, 3.63) is 0 Å². The molecule has 1 aliphatic heterocycles. The summed E-state index contributed by atoms with van der Waals surface area (Å²) >= 11 is 0. The molecule has 1 fully saturated rings. The van der Waals surface area contributed by atoms with Crippen LogP contribution < -0.4 is 0 Å². The molecule has 3 nitrogen and oxygen atoms in total. The average Bonchev–Trinajstić information content (AvgIpc) is 2.01. The Morgan fingerprint density at radius 2 is 2.07 bits per heavy atom. The molecule has 0 aromatic heterocycles. The fraction of sp³-hybridized carbons (Fsp3) is 1.00. The first kappa shape index (κ1) is 12.0. The molecule has 14 heavy (non-hydrogen) atoms. The molecule has 0 amide bonds. The van der Waals surface area contributed by atoms with Crippen LogP contribution in [0.15, 0.2) is 0 Å². The first-order chi connectivity index (χ1) is 6.39. The largest absolute Gasteiger partial charge is 0.302 e. The van der Waals surface area contributed by atoms with Crippen molar-refractivity contribution >= 4 is 9.84 Å². The zero-order chi connectivity index (χ0) is 10.8. The van der Waals surface area contributed by atoms with Crippen molar-refractivity contribution in [1.82, 2.24) is 4.90 Å². The first-order valence-corrected chi connectivity index (χ1v) is 7.26. The molecule has 0 unspecified atom stereocenters. The Kier molecular flexibility index (Phi) is 3.95. The molecular formula is C10H21NO2S. The van der Waals surface area contributed by atoms with Gasteiger partial charge in [-0.1, -0.05) is 13.8 Å². The predicted octanol–water partition coefficient (Wildman–Crippen LogP) is 1.15. The molecule has 0 aromatic carbocycles. The Morgan fingerprint density at radius 3 is 2.57 bits per heavy atom. The Balaban J connectivity index is 2.52. The molecule has 0 radical (unpaired) electrons. The fourth-order valence-corrected chi connectivity index (χ4v) is 3.12. The molecule has 0 saturated carbocycles. The fourth-order valence-electron chi connectivity index (χ4n) is 2.04. The Labute approximate surface area is 87.4 Å². The van der Waals surface area contributed by atoms with E-state index in [-0.39, 0.29) is 5.25 Å². The van der Waals surface area contributed by atoms with Gasteiger partial charge in [0.2, 0.25) is 0 Å². The minimum atomic E-state index is -2.84. The quantitative estimate of drug-likeness (QED) is 0.714. The molecular weight excluding hydrogens is 198 g/mol. The predicted molar refractivity (Wildman–Crippen MR) is 59.1 cm³/mol. The normalized spacial score (nSPS) is 25.6. The van der Waals surface area contributed by atoms with Crippen LogP contribution in [-0.2, 0) is 9.84 Å². The molecule has 1 saturated heterocycles. The summed E-state index contributed by atoms with van der Waals surface area (Å²) < 4.78 is 22.8. The maximum atomic E-state index is 11.4. The van der Waals surface area contributed by atoms with E-state index in [1.54, 1.807) is 0 Å². The van der Waals surface area contributed by atoms with Gasteiger partial charge < -0.3 is 4.90 Å². The van der Waals surface area contributed by atoms with Crippen LogP contribution in [0.4, 0.5) is 0 Å². The van der Waals surface area contributed by atoms with E-state index in [1.807, 2.05) is 0 Å². The maximum absolute atomic E-state index is 11.4. The number of likely N-dealkylation sites (tertiary alicyclic amines) is 1. The number of hydrogen-bond donors (Lipinski definition) is 0. The SMILES string of the molecule is CC(C)CN1CCC[C@@H](S(C)(=O)=O)C1. The molecule has 0 spiro atoms. The van der Waals surface area contributed by atoms with E-state index in [0.717, 1.165) is 32.5 Å². The molecule has 0 aromatic rings. The van der Waals surface area contributed by atoms with Gasteiger partial charge in [0.1, 0.15) is 0 Å². The number of piperidine rings is 1. The van der Waals surface area contributed by atoms with Gasteiger partial charge in [-0.05, 0) is 25.3 Å². The highest BCUT2D eigenvalue weighted by Crippen LogP contribution is 2.17. The van der Waals surface area contributed by atoms with Crippen molar-refractivity contribution in [2.75, 3.05) is 25.9 Å². The topological polar surface area (TPSA) is 37.4 Å². The van der Waals surface area contributed by atoms with Crippen LogP contribution in [-0.4, -0.2) is 44.5 Å². The van der Waals surface area contributed by atoms with Crippen LogP contribution in [0.3, 0.4) is 0 Å². The van der Waals surface area contributed by atoms with Gasteiger partial charge >= 0.3 is 0 Å². The van der Waals surface area contributed by atoms with Crippen molar-refractivity contribution in [2.24, 2.45) is 5.92 Å². The zero-order valence-electron chi connectivity index (χ0n) is 9.36. The second kappa shape index (κ2) is 4.62. The number of rotatable bonds is 3. The Hall–Kier alpha value is -0.0900. The molecule has 1 rings (SSSR count). The van der Waals surface area contributed by atoms with Gasteiger partial charge in [0.25, 0.3) is 0 Å². The van der Waals surface area contributed by atoms with Crippen molar-refractivity contribution in [1.29, 1.82) is 0 Å². The summed E-state index contributed by atoms with van der Waals surface area (Å²) in [5, 5.41) is -0.130. The highest BCUT2D eigenvalue weighted by Gasteiger charge is 2.27. The zero-order valence-corrected chi connectivity index (χ0v) is 10.2. The van der Waals surface area contributed by atoms with Gasteiger partial charge in [-0.15, -0.1) is 0 Å². The van der Waals surface area contributed by atoms with Crippen LogP contribution in [0.1, 0.15) is 26.7 Å². The van der Waals surface area contributed by atoms with Gasteiger partial charge in [-0.25, -0.2) is 8.42 Å². The van der Waals surface area contributed by atoms with Crippen molar-refractivity contribution in [3.63, 3.8) is 0 Å². The molecule has 0 N–H and O–H groups in total. The molecule has 0 aliphatic carbocycles. The van der Waals surface area contributed by atoms with Crippen molar-refractivity contribution in [2.45, 2.75) is 31.9 Å². The highest BCUT2D eigenvalue weighted by atomic mass is 32.2. The minimum absolute atomic E-state index is 0.130. The lowest BCUT2D eigenvalue weighted by Gasteiger charge is -2.32. The molecule has 84 valence electrons. The third-order valence-corrected chi connectivity index (χ3v) is 4.29.